The van der Waals surface area contributed by atoms with Gasteiger partial charge < -0.3 is 4.74 Å². The van der Waals surface area contributed by atoms with E-state index in [0.29, 0.717) is 3.57 Å². The van der Waals surface area contributed by atoms with Gasteiger partial charge in [0, 0.05) is 22.8 Å². The van der Waals surface area contributed by atoms with Gasteiger partial charge in [-0.15, -0.1) is 0 Å². The van der Waals surface area contributed by atoms with E-state index in [1.807, 2.05) is 35.6 Å². The Labute approximate surface area is 142 Å². The van der Waals surface area contributed by atoms with Crippen molar-refractivity contribution in [3.8, 4) is 17.7 Å². The van der Waals surface area contributed by atoms with Crippen LogP contribution in [-0.2, 0) is 0 Å². The Morgan fingerprint density at radius 1 is 1.48 bits per heavy atom. The van der Waals surface area contributed by atoms with Gasteiger partial charge in [-0.3, -0.25) is 10.1 Å². The normalized spacial score (nSPS) is 10.0. The Morgan fingerprint density at radius 2 is 2.19 bits per heavy atom. The van der Waals surface area contributed by atoms with Gasteiger partial charge >= 0.3 is 5.69 Å². The van der Waals surface area contributed by atoms with Crippen LogP contribution in [0.5, 0.6) is 11.6 Å². The Balaban J connectivity index is 2.50. The number of hydrogen-bond donors (Lipinski definition) is 0. The fraction of sp³-hybridized carbons (Fsp3) is 0.0769. The van der Waals surface area contributed by atoms with Gasteiger partial charge in [-0.2, -0.15) is 5.26 Å². The van der Waals surface area contributed by atoms with E-state index in [-0.39, 0.29) is 22.9 Å². The van der Waals surface area contributed by atoms with Gasteiger partial charge in [0.1, 0.15) is 0 Å². The molecule has 0 saturated carbocycles. The van der Waals surface area contributed by atoms with Gasteiger partial charge in [0.25, 0.3) is 0 Å². The lowest BCUT2D eigenvalue weighted by Crippen LogP contribution is -1.98. The van der Waals surface area contributed by atoms with E-state index < -0.39 is 4.92 Å². The molecule has 6 nitrogen and oxygen atoms in total. The number of hydrogen-bond acceptors (Lipinski definition) is 5. The monoisotopic (exact) mass is 459 g/mol. The molecule has 0 N–H and O–H groups in total. The predicted octanol–water partition coefficient (Wildman–Crippen LogP) is 4.33. The molecule has 0 aliphatic rings. The van der Waals surface area contributed by atoms with Crippen LogP contribution in [0.1, 0.15) is 11.1 Å². The van der Waals surface area contributed by atoms with E-state index >= 15 is 0 Å². The average molecular weight is 460 g/mol. The second-order valence-electron chi connectivity index (χ2n) is 4.05. The maximum absolute atomic E-state index is 11.1. The van der Waals surface area contributed by atoms with Crippen LogP contribution in [0.3, 0.4) is 0 Å². The van der Waals surface area contributed by atoms with Gasteiger partial charge in [-0.25, -0.2) is 4.98 Å². The molecule has 1 aromatic carbocycles. The summed E-state index contributed by atoms with van der Waals surface area (Å²) in [7, 11) is 0. The SMILES string of the molecule is Cc1cc(Oc2c(I)cc(C#N)cc2[N+](=O)[O-])ncc1Br. The van der Waals surface area contributed by atoms with Crippen molar-refractivity contribution < 1.29 is 9.66 Å². The molecule has 1 aromatic heterocycles. The van der Waals surface area contributed by atoms with E-state index in [1.165, 1.54) is 12.1 Å². The van der Waals surface area contributed by atoms with Gasteiger partial charge in [0.05, 0.1) is 20.1 Å². The molecule has 0 unspecified atom stereocenters. The lowest BCUT2D eigenvalue weighted by molar-refractivity contribution is -0.385. The van der Waals surface area contributed by atoms with Crippen LogP contribution in [0.4, 0.5) is 5.69 Å². The Bertz CT molecular complexity index is 774. The molecular weight excluding hydrogens is 453 g/mol. The van der Waals surface area contributed by atoms with E-state index in [2.05, 4.69) is 20.9 Å². The predicted molar refractivity (Wildman–Crippen MR) is 87.3 cm³/mol. The number of aromatic nitrogens is 1. The number of pyridine rings is 1. The lowest BCUT2D eigenvalue weighted by atomic mass is 10.2. The highest BCUT2D eigenvalue weighted by Gasteiger charge is 2.21. The zero-order valence-electron chi connectivity index (χ0n) is 10.6. The van der Waals surface area contributed by atoms with Crippen molar-refractivity contribution in [3.63, 3.8) is 0 Å². The van der Waals surface area contributed by atoms with Crippen molar-refractivity contribution in [2.24, 2.45) is 0 Å². The zero-order chi connectivity index (χ0) is 15.6. The quantitative estimate of drug-likeness (QED) is 0.387. The number of nitro groups is 1. The smallest absolute Gasteiger partial charge is 0.314 e. The third kappa shape index (κ3) is 3.48. The van der Waals surface area contributed by atoms with Crippen LogP contribution in [-0.4, -0.2) is 9.91 Å². The Hall–Kier alpha value is -1.73. The second-order valence-corrected chi connectivity index (χ2v) is 6.07. The van der Waals surface area contributed by atoms with Crippen LogP contribution in [0, 0.1) is 31.9 Å². The van der Waals surface area contributed by atoms with Crippen LogP contribution in [0.25, 0.3) is 0 Å². The van der Waals surface area contributed by atoms with Crippen LogP contribution < -0.4 is 4.74 Å². The molecule has 0 amide bonds. The number of rotatable bonds is 3. The first-order valence-electron chi connectivity index (χ1n) is 5.60. The van der Waals surface area contributed by atoms with Gasteiger partial charge in [0.15, 0.2) is 0 Å². The highest BCUT2D eigenvalue weighted by Crippen LogP contribution is 2.36. The summed E-state index contributed by atoms with van der Waals surface area (Å²) in [6.45, 7) is 1.86. The molecule has 0 spiro atoms. The van der Waals surface area contributed by atoms with Crippen molar-refractivity contribution >= 4 is 44.2 Å². The molecule has 1 heterocycles. The number of nitriles is 1. The number of ether oxygens (including phenoxy) is 1. The van der Waals surface area contributed by atoms with Crippen molar-refractivity contribution in [1.29, 1.82) is 5.26 Å². The maximum atomic E-state index is 11.1. The third-order valence-corrected chi connectivity index (χ3v) is 4.21. The minimum absolute atomic E-state index is 0.0776. The summed E-state index contributed by atoms with van der Waals surface area (Å²) >= 11 is 5.21. The maximum Gasteiger partial charge on any atom is 0.314 e. The summed E-state index contributed by atoms with van der Waals surface area (Å²) in [6, 6.07) is 6.26. The van der Waals surface area contributed by atoms with Crippen LogP contribution in [0.2, 0.25) is 0 Å². The minimum atomic E-state index is -0.579. The molecule has 0 fully saturated rings. The molecular formula is C13H7BrIN3O3. The first kappa shape index (κ1) is 15.7. The first-order valence-corrected chi connectivity index (χ1v) is 7.47. The lowest BCUT2D eigenvalue weighted by Gasteiger charge is -2.09. The molecule has 106 valence electrons. The number of nitrogens with zero attached hydrogens (tertiary/aromatic N) is 3. The van der Waals surface area contributed by atoms with Gasteiger partial charge in [-0.1, -0.05) is 0 Å². The van der Waals surface area contributed by atoms with Crippen molar-refractivity contribution in [3.05, 3.63) is 53.7 Å². The number of nitro benzene ring substituents is 1. The number of aryl methyl sites for hydroxylation is 1. The molecule has 0 saturated heterocycles. The van der Waals surface area contributed by atoms with Crippen molar-refractivity contribution in [2.75, 3.05) is 0 Å². The molecule has 0 atom stereocenters. The van der Waals surface area contributed by atoms with E-state index in [4.69, 9.17) is 10.00 Å². The summed E-state index contributed by atoms with van der Waals surface area (Å²) in [5.74, 6) is 0.329. The highest BCUT2D eigenvalue weighted by atomic mass is 127. The van der Waals surface area contributed by atoms with E-state index in [9.17, 15) is 10.1 Å². The van der Waals surface area contributed by atoms with Gasteiger partial charge in [-0.05, 0) is 57.1 Å². The van der Waals surface area contributed by atoms with Crippen LogP contribution >= 0.6 is 38.5 Å². The first-order chi connectivity index (χ1) is 9.92. The fourth-order valence-corrected chi connectivity index (χ4v) is 2.49. The summed E-state index contributed by atoms with van der Waals surface area (Å²) in [5.41, 5.74) is 0.838. The molecule has 2 rings (SSSR count). The zero-order valence-corrected chi connectivity index (χ0v) is 14.4. The largest absolute Gasteiger partial charge is 0.431 e. The van der Waals surface area contributed by atoms with Crippen molar-refractivity contribution in [1.82, 2.24) is 4.98 Å². The summed E-state index contributed by atoms with van der Waals surface area (Å²) in [6.07, 6.45) is 1.56. The topological polar surface area (TPSA) is 89.0 Å². The third-order valence-electron chi connectivity index (χ3n) is 2.58. The molecule has 0 aliphatic heterocycles. The highest BCUT2D eigenvalue weighted by molar-refractivity contribution is 14.1. The molecule has 0 radical (unpaired) electrons. The Morgan fingerprint density at radius 3 is 2.76 bits per heavy atom. The molecule has 0 bridgehead atoms. The Kier molecular flexibility index (Phi) is 4.74. The molecule has 0 aliphatic carbocycles. The van der Waals surface area contributed by atoms with E-state index in [0.717, 1.165) is 10.0 Å². The molecule has 8 heteroatoms. The second kappa shape index (κ2) is 6.36. The number of benzene rings is 1. The minimum Gasteiger partial charge on any atom is -0.431 e. The summed E-state index contributed by atoms with van der Waals surface area (Å²) < 4.78 is 6.84. The average Bonchev–Trinajstić information content (AvgIpc) is 2.44. The van der Waals surface area contributed by atoms with Crippen LogP contribution in [0.15, 0.2) is 28.9 Å². The molecule has 21 heavy (non-hydrogen) atoms. The van der Waals surface area contributed by atoms with Crippen molar-refractivity contribution in [2.45, 2.75) is 6.92 Å². The van der Waals surface area contributed by atoms with Gasteiger partial charge in [0.2, 0.25) is 11.6 Å². The summed E-state index contributed by atoms with van der Waals surface area (Å²) in [4.78, 5) is 14.6. The number of halogens is 2. The standard InChI is InChI=1S/C13H7BrIN3O3/c1-7-2-12(17-6-9(7)14)21-13-10(15)3-8(5-16)4-11(13)18(19)20/h2-4,6H,1H3. The fourth-order valence-electron chi connectivity index (χ4n) is 1.55. The molecule has 2 aromatic rings. The van der Waals surface area contributed by atoms with E-state index in [1.54, 1.807) is 12.3 Å². The summed E-state index contributed by atoms with van der Waals surface area (Å²) in [5, 5.41) is 20.0.